The number of halogens is 3. The third-order valence-corrected chi connectivity index (χ3v) is 2.51. The highest BCUT2D eigenvalue weighted by Crippen LogP contribution is 2.14. The summed E-state index contributed by atoms with van der Waals surface area (Å²) in [5, 5.41) is 3.16. The molecule has 0 unspecified atom stereocenters. The predicted octanol–water partition coefficient (Wildman–Crippen LogP) is 2.93. The van der Waals surface area contributed by atoms with Gasteiger partial charge in [0.2, 0.25) is 0 Å². The van der Waals surface area contributed by atoms with Crippen LogP contribution in [-0.4, -0.2) is 25.6 Å². The lowest BCUT2D eigenvalue weighted by atomic mass is 10.2. The first-order chi connectivity index (χ1) is 7.72. The average molecular weight is 311 g/mol. The standard InChI is InChI=1S/C11H14BrClFNO/c12-10-5-9(6-11(14)7-10)8-15-2-4-16-3-1-13/h5-7,15H,1-4,8H2. The molecule has 0 aliphatic rings. The summed E-state index contributed by atoms with van der Waals surface area (Å²) >= 11 is 8.70. The lowest BCUT2D eigenvalue weighted by Gasteiger charge is -2.06. The predicted molar refractivity (Wildman–Crippen MR) is 67.3 cm³/mol. The van der Waals surface area contributed by atoms with Crippen molar-refractivity contribution in [3.63, 3.8) is 0 Å². The lowest BCUT2D eigenvalue weighted by molar-refractivity contribution is 0.151. The average Bonchev–Trinajstić information content (AvgIpc) is 2.22. The van der Waals surface area contributed by atoms with Crippen LogP contribution in [0.4, 0.5) is 4.39 Å². The zero-order valence-electron chi connectivity index (χ0n) is 8.81. The van der Waals surface area contributed by atoms with E-state index in [-0.39, 0.29) is 5.82 Å². The second-order valence-corrected chi connectivity index (χ2v) is 4.55. The Hall–Kier alpha value is -0.160. The van der Waals surface area contributed by atoms with Crippen LogP contribution >= 0.6 is 27.5 Å². The fourth-order valence-electron chi connectivity index (χ4n) is 1.25. The second-order valence-electron chi connectivity index (χ2n) is 3.26. The molecule has 90 valence electrons. The van der Waals surface area contributed by atoms with Crippen LogP contribution in [0, 0.1) is 5.82 Å². The van der Waals surface area contributed by atoms with Crippen molar-refractivity contribution in [2.45, 2.75) is 6.54 Å². The molecule has 0 fully saturated rings. The molecule has 0 radical (unpaired) electrons. The molecular weight excluding hydrogens is 296 g/mol. The first-order valence-corrected chi connectivity index (χ1v) is 6.34. The van der Waals surface area contributed by atoms with E-state index in [1.54, 1.807) is 0 Å². The van der Waals surface area contributed by atoms with Gasteiger partial charge in [0, 0.05) is 23.4 Å². The van der Waals surface area contributed by atoms with E-state index in [0.717, 1.165) is 16.6 Å². The van der Waals surface area contributed by atoms with Crippen LogP contribution in [0.15, 0.2) is 22.7 Å². The van der Waals surface area contributed by atoms with E-state index in [1.165, 1.54) is 12.1 Å². The number of hydrogen-bond donors (Lipinski definition) is 1. The Labute approximate surface area is 108 Å². The second kappa shape index (κ2) is 8.01. The molecule has 2 nitrogen and oxygen atoms in total. The zero-order chi connectivity index (χ0) is 11.8. The largest absolute Gasteiger partial charge is 0.379 e. The third-order valence-electron chi connectivity index (χ3n) is 1.90. The highest BCUT2D eigenvalue weighted by molar-refractivity contribution is 9.10. The smallest absolute Gasteiger partial charge is 0.124 e. The van der Waals surface area contributed by atoms with Crippen LogP contribution in [0.25, 0.3) is 0 Å². The number of hydrogen-bond acceptors (Lipinski definition) is 2. The quantitative estimate of drug-likeness (QED) is 0.617. The Balaban J connectivity index is 2.21. The minimum absolute atomic E-state index is 0.232. The van der Waals surface area contributed by atoms with Crippen molar-refractivity contribution in [1.29, 1.82) is 0 Å². The maximum atomic E-state index is 13.0. The topological polar surface area (TPSA) is 21.3 Å². The monoisotopic (exact) mass is 309 g/mol. The van der Waals surface area contributed by atoms with E-state index >= 15 is 0 Å². The first-order valence-electron chi connectivity index (χ1n) is 5.02. The number of alkyl halides is 1. The molecule has 1 aromatic rings. The zero-order valence-corrected chi connectivity index (χ0v) is 11.2. The summed E-state index contributed by atoms with van der Waals surface area (Å²) in [6.45, 7) is 2.53. The molecule has 0 aliphatic heterocycles. The van der Waals surface area contributed by atoms with Gasteiger partial charge in [0.15, 0.2) is 0 Å². The fourth-order valence-corrected chi connectivity index (χ4v) is 1.87. The van der Waals surface area contributed by atoms with Crippen LogP contribution in [0.1, 0.15) is 5.56 Å². The maximum absolute atomic E-state index is 13.0. The Morgan fingerprint density at radius 2 is 2.12 bits per heavy atom. The van der Waals surface area contributed by atoms with Gasteiger partial charge in [-0.2, -0.15) is 0 Å². The molecule has 5 heteroatoms. The lowest BCUT2D eigenvalue weighted by Crippen LogP contribution is -2.19. The van der Waals surface area contributed by atoms with Gasteiger partial charge >= 0.3 is 0 Å². The van der Waals surface area contributed by atoms with Crippen LogP contribution in [0.2, 0.25) is 0 Å². The Kier molecular flexibility index (Phi) is 6.96. The van der Waals surface area contributed by atoms with Crippen molar-refractivity contribution in [1.82, 2.24) is 5.32 Å². The van der Waals surface area contributed by atoms with Crippen molar-refractivity contribution in [2.24, 2.45) is 0 Å². The van der Waals surface area contributed by atoms with Crippen molar-refractivity contribution >= 4 is 27.5 Å². The highest BCUT2D eigenvalue weighted by Gasteiger charge is 1.98. The summed E-state index contributed by atoms with van der Waals surface area (Å²) in [6.07, 6.45) is 0. The number of ether oxygens (including phenoxy) is 1. The molecular formula is C11H14BrClFNO. The Morgan fingerprint density at radius 3 is 2.81 bits per heavy atom. The molecule has 0 saturated heterocycles. The summed E-state index contributed by atoms with van der Waals surface area (Å²) in [7, 11) is 0. The molecule has 0 heterocycles. The normalized spacial score (nSPS) is 10.7. The number of rotatable bonds is 7. The molecule has 1 rings (SSSR count). The van der Waals surface area contributed by atoms with Crippen molar-refractivity contribution in [3.8, 4) is 0 Å². The molecule has 0 aromatic heterocycles. The molecule has 0 amide bonds. The summed E-state index contributed by atoms with van der Waals surface area (Å²) in [6, 6.07) is 4.83. The molecule has 0 aliphatic carbocycles. The van der Waals surface area contributed by atoms with E-state index in [2.05, 4.69) is 21.2 Å². The highest BCUT2D eigenvalue weighted by atomic mass is 79.9. The van der Waals surface area contributed by atoms with Crippen LogP contribution < -0.4 is 5.32 Å². The minimum atomic E-state index is -0.232. The summed E-state index contributed by atoms with van der Waals surface area (Å²) < 4.78 is 18.9. The van der Waals surface area contributed by atoms with Gasteiger partial charge in [-0.25, -0.2) is 4.39 Å². The van der Waals surface area contributed by atoms with Crippen molar-refractivity contribution < 1.29 is 9.13 Å². The van der Waals surface area contributed by atoms with Gasteiger partial charge in [0.25, 0.3) is 0 Å². The van der Waals surface area contributed by atoms with Gasteiger partial charge in [-0.1, -0.05) is 15.9 Å². The minimum Gasteiger partial charge on any atom is -0.379 e. The van der Waals surface area contributed by atoms with E-state index < -0.39 is 0 Å². The summed E-state index contributed by atoms with van der Waals surface area (Å²) in [5.74, 6) is 0.279. The third kappa shape index (κ3) is 5.80. The Bertz CT molecular complexity index is 305. The molecule has 0 bridgehead atoms. The van der Waals surface area contributed by atoms with Gasteiger partial charge in [-0.15, -0.1) is 11.6 Å². The molecule has 0 saturated carbocycles. The van der Waals surface area contributed by atoms with Gasteiger partial charge in [0.05, 0.1) is 13.2 Å². The molecule has 16 heavy (non-hydrogen) atoms. The van der Waals surface area contributed by atoms with Gasteiger partial charge in [0.1, 0.15) is 5.82 Å². The van der Waals surface area contributed by atoms with Crippen LogP contribution in [0.3, 0.4) is 0 Å². The van der Waals surface area contributed by atoms with E-state index in [0.29, 0.717) is 25.6 Å². The van der Waals surface area contributed by atoms with Gasteiger partial charge < -0.3 is 10.1 Å². The molecule has 1 N–H and O–H groups in total. The molecule has 0 spiro atoms. The number of benzene rings is 1. The van der Waals surface area contributed by atoms with Crippen LogP contribution in [0.5, 0.6) is 0 Å². The van der Waals surface area contributed by atoms with E-state index in [9.17, 15) is 4.39 Å². The van der Waals surface area contributed by atoms with Gasteiger partial charge in [-0.05, 0) is 23.8 Å². The van der Waals surface area contributed by atoms with Crippen molar-refractivity contribution in [3.05, 3.63) is 34.1 Å². The van der Waals surface area contributed by atoms with E-state index in [1.807, 2.05) is 6.07 Å². The van der Waals surface area contributed by atoms with E-state index in [4.69, 9.17) is 16.3 Å². The van der Waals surface area contributed by atoms with Crippen LogP contribution in [-0.2, 0) is 11.3 Å². The Morgan fingerprint density at radius 1 is 1.31 bits per heavy atom. The SMILES string of the molecule is Fc1cc(Br)cc(CNCCOCCCl)c1. The molecule has 1 aromatic carbocycles. The number of nitrogens with one attached hydrogen (secondary N) is 1. The first kappa shape index (κ1) is 13.9. The summed E-state index contributed by atoms with van der Waals surface area (Å²) in [5.41, 5.74) is 0.907. The van der Waals surface area contributed by atoms with Crippen molar-refractivity contribution in [2.75, 3.05) is 25.6 Å². The summed E-state index contributed by atoms with van der Waals surface area (Å²) in [4.78, 5) is 0. The maximum Gasteiger partial charge on any atom is 0.124 e. The van der Waals surface area contributed by atoms with Gasteiger partial charge in [-0.3, -0.25) is 0 Å². The molecule has 0 atom stereocenters. The fraction of sp³-hybridized carbons (Fsp3) is 0.455.